The zero-order valence-corrected chi connectivity index (χ0v) is 16.2. The Morgan fingerprint density at radius 3 is 2.50 bits per heavy atom. The molecule has 1 N–H and O–H groups in total. The first kappa shape index (κ1) is 20.1. The van der Waals surface area contributed by atoms with E-state index in [1.165, 1.54) is 0 Å². The number of methoxy groups -OCH3 is 2. The van der Waals surface area contributed by atoms with Crippen molar-refractivity contribution >= 4 is 17.5 Å². The molecule has 0 aliphatic rings. The van der Waals surface area contributed by atoms with Crippen molar-refractivity contribution in [2.45, 2.75) is 19.5 Å². The van der Waals surface area contributed by atoms with E-state index in [1.54, 1.807) is 14.2 Å². The molecule has 0 atom stereocenters. The van der Waals surface area contributed by atoms with Gasteiger partial charge in [-0.1, -0.05) is 41.9 Å². The van der Waals surface area contributed by atoms with Crippen molar-refractivity contribution in [3.63, 3.8) is 0 Å². The third-order valence-electron chi connectivity index (χ3n) is 4.08. The van der Waals surface area contributed by atoms with Gasteiger partial charge in [-0.05, 0) is 24.7 Å². The molecule has 0 fully saturated rings. The van der Waals surface area contributed by atoms with Crippen LogP contribution in [0.1, 0.15) is 17.5 Å². The van der Waals surface area contributed by atoms with Crippen LogP contribution in [0, 0.1) is 0 Å². The lowest BCUT2D eigenvalue weighted by Crippen LogP contribution is -2.28. The van der Waals surface area contributed by atoms with Crippen molar-refractivity contribution in [1.29, 1.82) is 0 Å². The van der Waals surface area contributed by atoms with Crippen LogP contribution in [-0.4, -0.2) is 38.6 Å². The van der Waals surface area contributed by atoms with Crippen molar-refractivity contribution < 1.29 is 14.3 Å². The molecule has 0 saturated carbocycles. The number of amides is 1. The molecule has 0 spiro atoms. The van der Waals surface area contributed by atoms with Crippen LogP contribution in [0.15, 0.2) is 42.5 Å². The van der Waals surface area contributed by atoms with Crippen LogP contribution < -0.4 is 14.8 Å². The fraction of sp³-hybridized carbons (Fsp3) is 0.350. The Balaban J connectivity index is 1.82. The SMILES string of the molecule is COc1cccc(CN(C)CCC(=O)NCc2ccccc2Cl)c1OC. The fourth-order valence-electron chi connectivity index (χ4n) is 2.66. The molecular formula is C20H25ClN2O3. The predicted octanol–water partition coefficient (Wildman–Crippen LogP) is 3.50. The number of carbonyl (C=O) groups is 1. The number of para-hydroxylation sites is 1. The van der Waals surface area contributed by atoms with Crippen LogP contribution in [0.5, 0.6) is 11.5 Å². The van der Waals surface area contributed by atoms with Crippen molar-refractivity contribution in [3.05, 3.63) is 58.6 Å². The molecule has 6 heteroatoms. The first-order chi connectivity index (χ1) is 12.5. The van der Waals surface area contributed by atoms with Crippen molar-refractivity contribution in [2.75, 3.05) is 27.8 Å². The predicted molar refractivity (Wildman–Crippen MR) is 104 cm³/mol. The van der Waals surface area contributed by atoms with Gasteiger partial charge in [-0.15, -0.1) is 0 Å². The van der Waals surface area contributed by atoms with Crippen molar-refractivity contribution in [1.82, 2.24) is 10.2 Å². The van der Waals surface area contributed by atoms with E-state index < -0.39 is 0 Å². The van der Waals surface area contributed by atoms with Crippen LogP contribution in [0.4, 0.5) is 0 Å². The van der Waals surface area contributed by atoms with E-state index in [1.807, 2.05) is 49.5 Å². The minimum absolute atomic E-state index is 0.00521. The smallest absolute Gasteiger partial charge is 0.221 e. The molecular weight excluding hydrogens is 352 g/mol. The van der Waals surface area contributed by atoms with Crippen molar-refractivity contribution in [2.24, 2.45) is 0 Å². The molecule has 1 amide bonds. The number of hydrogen-bond donors (Lipinski definition) is 1. The maximum absolute atomic E-state index is 12.1. The van der Waals surface area contributed by atoms with Crippen LogP contribution >= 0.6 is 11.6 Å². The van der Waals surface area contributed by atoms with E-state index in [-0.39, 0.29) is 5.91 Å². The van der Waals surface area contributed by atoms with E-state index in [0.29, 0.717) is 36.8 Å². The summed E-state index contributed by atoms with van der Waals surface area (Å²) in [6.45, 7) is 1.73. The maximum Gasteiger partial charge on any atom is 0.221 e. The third kappa shape index (κ3) is 5.64. The summed E-state index contributed by atoms with van der Waals surface area (Å²) in [4.78, 5) is 14.2. The van der Waals surface area contributed by atoms with Crippen LogP contribution in [0.25, 0.3) is 0 Å². The average molecular weight is 377 g/mol. The highest BCUT2D eigenvalue weighted by Crippen LogP contribution is 2.31. The summed E-state index contributed by atoms with van der Waals surface area (Å²) in [5.41, 5.74) is 1.93. The fourth-order valence-corrected chi connectivity index (χ4v) is 2.87. The monoisotopic (exact) mass is 376 g/mol. The van der Waals surface area contributed by atoms with E-state index in [4.69, 9.17) is 21.1 Å². The topological polar surface area (TPSA) is 50.8 Å². The summed E-state index contributed by atoms with van der Waals surface area (Å²) in [6.07, 6.45) is 0.410. The van der Waals surface area contributed by atoms with Gasteiger partial charge in [-0.25, -0.2) is 0 Å². The number of carbonyl (C=O) groups excluding carboxylic acids is 1. The molecule has 26 heavy (non-hydrogen) atoms. The number of nitrogens with zero attached hydrogens (tertiary/aromatic N) is 1. The minimum Gasteiger partial charge on any atom is -0.493 e. The summed E-state index contributed by atoms with van der Waals surface area (Å²) in [5, 5.41) is 3.57. The number of rotatable bonds is 9. The molecule has 0 aromatic heterocycles. The molecule has 2 aromatic rings. The standard InChI is InChI=1S/C20H25ClN2O3/c1-23(14-16-8-6-10-18(25-2)20(16)26-3)12-11-19(24)22-13-15-7-4-5-9-17(15)21/h4-10H,11-14H2,1-3H3,(H,22,24). The Hall–Kier alpha value is -2.24. The average Bonchev–Trinajstić information content (AvgIpc) is 2.65. The van der Waals surface area contributed by atoms with Gasteiger partial charge in [0, 0.05) is 36.6 Å². The lowest BCUT2D eigenvalue weighted by Gasteiger charge is -2.19. The minimum atomic E-state index is -0.00521. The molecule has 5 nitrogen and oxygen atoms in total. The van der Waals surface area contributed by atoms with Gasteiger partial charge in [-0.3, -0.25) is 4.79 Å². The second-order valence-corrected chi connectivity index (χ2v) is 6.42. The largest absolute Gasteiger partial charge is 0.493 e. The molecule has 140 valence electrons. The van der Waals surface area contributed by atoms with Gasteiger partial charge in [0.2, 0.25) is 5.91 Å². The van der Waals surface area contributed by atoms with Crippen LogP contribution in [-0.2, 0) is 17.9 Å². The number of halogens is 1. The molecule has 0 saturated heterocycles. The van der Waals surface area contributed by atoms with E-state index in [2.05, 4.69) is 10.2 Å². The Bertz CT molecular complexity index is 737. The van der Waals surface area contributed by atoms with Crippen LogP contribution in [0.2, 0.25) is 5.02 Å². The Morgan fingerprint density at radius 2 is 1.81 bits per heavy atom. The molecule has 0 unspecified atom stereocenters. The van der Waals surface area contributed by atoms with Crippen LogP contribution in [0.3, 0.4) is 0 Å². The summed E-state index contributed by atoms with van der Waals surface area (Å²) in [7, 11) is 5.22. The molecule has 0 bridgehead atoms. The molecule has 0 heterocycles. The summed E-state index contributed by atoms with van der Waals surface area (Å²) in [5.74, 6) is 1.43. The lowest BCUT2D eigenvalue weighted by atomic mass is 10.1. The normalized spacial score (nSPS) is 10.7. The number of benzene rings is 2. The van der Waals surface area contributed by atoms with Gasteiger partial charge < -0.3 is 19.7 Å². The first-order valence-corrected chi connectivity index (χ1v) is 8.81. The quantitative estimate of drug-likeness (QED) is 0.727. The molecule has 2 aromatic carbocycles. The molecule has 2 rings (SSSR count). The highest BCUT2D eigenvalue weighted by molar-refractivity contribution is 6.31. The molecule has 0 aliphatic carbocycles. The van der Waals surface area contributed by atoms with E-state index >= 15 is 0 Å². The van der Waals surface area contributed by atoms with Gasteiger partial charge in [0.05, 0.1) is 14.2 Å². The highest BCUT2D eigenvalue weighted by atomic mass is 35.5. The van der Waals surface area contributed by atoms with Gasteiger partial charge in [-0.2, -0.15) is 0 Å². The Morgan fingerprint density at radius 1 is 1.08 bits per heavy atom. The summed E-state index contributed by atoms with van der Waals surface area (Å²) in [6, 6.07) is 13.3. The van der Waals surface area contributed by atoms with E-state index in [9.17, 15) is 4.79 Å². The van der Waals surface area contributed by atoms with Crippen molar-refractivity contribution in [3.8, 4) is 11.5 Å². The number of ether oxygens (including phenoxy) is 2. The Kier molecular flexibility index (Phi) is 7.75. The third-order valence-corrected chi connectivity index (χ3v) is 4.45. The van der Waals surface area contributed by atoms with Gasteiger partial charge >= 0.3 is 0 Å². The molecule has 0 aliphatic heterocycles. The molecule has 0 radical (unpaired) electrons. The number of hydrogen-bond acceptors (Lipinski definition) is 4. The second-order valence-electron chi connectivity index (χ2n) is 6.01. The van der Waals surface area contributed by atoms with Gasteiger partial charge in [0.1, 0.15) is 0 Å². The Labute approximate surface area is 159 Å². The highest BCUT2D eigenvalue weighted by Gasteiger charge is 2.12. The first-order valence-electron chi connectivity index (χ1n) is 8.43. The second kappa shape index (κ2) is 10.0. The van der Waals surface area contributed by atoms with E-state index in [0.717, 1.165) is 16.9 Å². The summed E-state index contributed by atoms with van der Waals surface area (Å²) >= 11 is 6.10. The van der Waals surface area contributed by atoms with Gasteiger partial charge in [0.15, 0.2) is 11.5 Å². The zero-order chi connectivity index (χ0) is 18.9. The lowest BCUT2D eigenvalue weighted by molar-refractivity contribution is -0.121. The zero-order valence-electron chi connectivity index (χ0n) is 15.4. The summed E-state index contributed by atoms with van der Waals surface area (Å²) < 4.78 is 10.8. The number of nitrogens with one attached hydrogen (secondary N) is 1. The van der Waals surface area contributed by atoms with Gasteiger partial charge in [0.25, 0.3) is 0 Å². The maximum atomic E-state index is 12.1.